The lowest BCUT2D eigenvalue weighted by Gasteiger charge is -2.26. The number of halogens is 1. The molecule has 2 aliphatic heterocycles. The van der Waals surface area contributed by atoms with Crippen LogP contribution in [0.2, 0.25) is 5.02 Å². The normalized spacial score (nSPS) is 17.5. The van der Waals surface area contributed by atoms with Crippen LogP contribution in [0.4, 0.5) is 11.5 Å². The number of ether oxygens (including phenoxy) is 2. The lowest BCUT2D eigenvalue weighted by Crippen LogP contribution is -2.41. The number of nitrogens with zero attached hydrogens (tertiary/aromatic N) is 4. The molecular formula is C28H29ClN6O3S2. The third-order valence-corrected chi connectivity index (χ3v) is 9.02. The van der Waals surface area contributed by atoms with Crippen LogP contribution in [0.15, 0.2) is 47.7 Å². The minimum absolute atomic E-state index is 0.0232. The van der Waals surface area contributed by atoms with Crippen molar-refractivity contribution in [3.8, 4) is 5.75 Å². The van der Waals surface area contributed by atoms with Crippen LogP contribution < -0.4 is 15.4 Å². The standard InChI is InChI=1S/C28H29ClN6O3S2/c29-22-13-19(2-4-23(22)38-14-20-15-39-17-33-20)34-27-26-21-3-1-18(11-24(21)40-28(26)32-16-31-27)12-25(36)30-5-6-35-7-9-37-10-8-35/h1-4,11,13,16-17,20H,5-10,12,14-15H2,(H,30,36)(H,31,32,34). The topological polar surface area (TPSA) is 101 Å². The molecule has 0 aliphatic carbocycles. The lowest BCUT2D eigenvalue weighted by molar-refractivity contribution is -0.120. The Bertz CT molecular complexity index is 1540. The van der Waals surface area contributed by atoms with Gasteiger partial charge in [-0.05, 0) is 29.8 Å². The molecule has 1 fully saturated rings. The highest BCUT2D eigenvalue weighted by atomic mass is 35.5. The van der Waals surface area contributed by atoms with Gasteiger partial charge in [0.1, 0.15) is 29.3 Å². The van der Waals surface area contributed by atoms with E-state index in [4.69, 9.17) is 21.1 Å². The average Bonchev–Trinajstić information content (AvgIpc) is 3.61. The molecule has 2 aliphatic rings. The van der Waals surface area contributed by atoms with Crippen LogP contribution in [-0.4, -0.2) is 84.1 Å². The first-order valence-corrected chi connectivity index (χ1v) is 15.4. The SMILES string of the molecule is O=C(Cc1ccc2c(c1)sc1ncnc(Nc3ccc(OCC4CSC=N4)c(Cl)c3)c12)NCCN1CCOCC1. The third-order valence-electron chi connectivity index (χ3n) is 6.81. The molecule has 0 bridgehead atoms. The minimum Gasteiger partial charge on any atom is -0.490 e. The number of fused-ring (bicyclic) bond motifs is 3. The van der Waals surface area contributed by atoms with Crippen molar-refractivity contribution in [1.29, 1.82) is 0 Å². The van der Waals surface area contributed by atoms with Crippen LogP contribution in [0.1, 0.15) is 5.56 Å². The second kappa shape index (κ2) is 12.7. The molecule has 12 heteroatoms. The maximum Gasteiger partial charge on any atom is 0.224 e. The number of hydrogen-bond acceptors (Lipinski definition) is 10. The minimum atomic E-state index is 0.0232. The van der Waals surface area contributed by atoms with E-state index in [-0.39, 0.29) is 11.9 Å². The Balaban J connectivity index is 1.12. The maximum atomic E-state index is 12.6. The van der Waals surface area contributed by atoms with Gasteiger partial charge in [-0.1, -0.05) is 23.7 Å². The number of benzene rings is 2. The molecular weight excluding hydrogens is 568 g/mol. The summed E-state index contributed by atoms with van der Waals surface area (Å²) in [5, 5.41) is 8.95. The summed E-state index contributed by atoms with van der Waals surface area (Å²) in [6.45, 7) is 5.34. The van der Waals surface area contributed by atoms with Gasteiger partial charge in [0, 0.05) is 47.7 Å². The van der Waals surface area contributed by atoms with Crippen molar-refractivity contribution < 1.29 is 14.3 Å². The van der Waals surface area contributed by atoms with Crippen LogP contribution in [0.25, 0.3) is 20.3 Å². The molecule has 208 valence electrons. The van der Waals surface area contributed by atoms with Gasteiger partial charge in [0.05, 0.1) is 41.6 Å². The van der Waals surface area contributed by atoms with E-state index >= 15 is 0 Å². The predicted molar refractivity (Wildman–Crippen MR) is 164 cm³/mol. The van der Waals surface area contributed by atoms with E-state index in [0.29, 0.717) is 36.2 Å². The zero-order valence-corrected chi connectivity index (χ0v) is 24.2. The Morgan fingerprint density at radius 1 is 1.18 bits per heavy atom. The summed E-state index contributed by atoms with van der Waals surface area (Å²) in [7, 11) is 0. The third kappa shape index (κ3) is 6.50. The van der Waals surface area contributed by atoms with Gasteiger partial charge in [-0.15, -0.1) is 23.1 Å². The molecule has 1 amide bonds. The number of carbonyl (C=O) groups excluding carboxylic acids is 1. The van der Waals surface area contributed by atoms with Gasteiger partial charge < -0.3 is 20.1 Å². The van der Waals surface area contributed by atoms with Crippen LogP contribution >= 0.6 is 34.7 Å². The second-order valence-corrected chi connectivity index (χ2v) is 12.0. The molecule has 9 nitrogen and oxygen atoms in total. The van der Waals surface area contributed by atoms with Gasteiger partial charge in [-0.3, -0.25) is 14.7 Å². The first kappa shape index (κ1) is 27.2. The number of nitrogens with one attached hydrogen (secondary N) is 2. The molecule has 4 heterocycles. The van der Waals surface area contributed by atoms with Crippen molar-refractivity contribution in [3.63, 3.8) is 0 Å². The van der Waals surface area contributed by atoms with Crippen molar-refractivity contribution in [2.75, 3.05) is 57.1 Å². The summed E-state index contributed by atoms with van der Waals surface area (Å²) in [6.07, 6.45) is 1.89. The lowest BCUT2D eigenvalue weighted by atomic mass is 10.1. The molecule has 0 radical (unpaired) electrons. The van der Waals surface area contributed by atoms with Gasteiger partial charge in [0.25, 0.3) is 0 Å². The van der Waals surface area contributed by atoms with E-state index < -0.39 is 0 Å². The number of rotatable bonds is 10. The first-order valence-electron chi connectivity index (χ1n) is 13.2. The van der Waals surface area contributed by atoms with Gasteiger partial charge in [-0.25, -0.2) is 9.97 Å². The predicted octanol–water partition coefficient (Wildman–Crippen LogP) is 4.75. The van der Waals surface area contributed by atoms with Gasteiger partial charge in [0.2, 0.25) is 5.91 Å². The van der Waals surface area contributed by atoms with E-state index in [0.717, 1.165) is 70.2 Å². The average molecular weight is 597 g/mol. The molecule has 4 aromatic rings. The van der Waals surface area contributed by atoms with Crippen LogP contribution in [0.5, 0.6) is 5.75 Å². The fourth-order valence-electron chi connectivity index (χ4n) is 4.72. The Hall–Kier alpha value is -2.96. The number of aliphatic imine (C=N–C) groups is 1. The number of amides is 1. The number of anilines is 2. The zero-order chi connectivity index (χ0) is 27.3. The molecule has 6 rings (SSSR count). The fraction of sp³-hybridized carbons (Fsp3) is 0.357. The van der Waals surface area contributed by atoms with Crippen molar-refractivity contribution in [3.05, 3.63) is 53.3 Å². The Labute approximate surface area is 245 Å². The van der Waals surface area contributed by atoms with Gasteiger partial charge in [0.15, 0.2) is 0 Å². The summed E-state index contributed by atoms with van der Waals surface area (Å²) in [4.78, 5) is 29.2. The van der Waals surface area contributed by atoms with Crippen molar-refractivity contribution in [2.45, 2.75) is 12.5 Å². The highest BCUT2D eigenvalue weighted by Gasteiger charge is 2.16. The molecule has 2 N–H and O–H groups in total. The van der Waals surface area contributed by atoms with Gasteiger partial charge in [-0.2, -0.15) is 0 Å². The molecule has 1 unspecified atom stereocenters. The fourth-order valence-corrected chi connectivity index (χ4v) is 6.81. The quantitative estimate of drug-likeness (QED) is 0.270. The van der Waals surface area contributed by atoms with Crippen molar-refractivity contribution in [1.82, 2.24) is 20.2 Å². The molecule has 1 saturated heterocycles. The first-order chi connectivity index (χ1) is 19.6. The Kier molecular flexibility index (Phi) is 8.64. The summed E-state index contributed by atoms with van der Waals surface area (Å²) in [5.74, 6) is 2.28. The Morgan fingerprint density at radius 3 is 2.90 bits per heavy atom. The van der Waals surface area contributed by atoms with Crippen LogP contribution in [0, 0.1) is 0 Å². The van der Waals surface area contributed by atoms with Gasteiger partial charge >= 0.3 is 0 Å². The zero-order valence-electron chi connectivity index (χ0n) is 21.8. The number of hydrogen-bond donors (Lipinski definition) is 2. The summed E-state index contributed by atoms with van der Waals surface area (Å²) < 4.78 is 12.3. The van der Waals surface area contributed by atoms with E-state index in [1.54, 1.807) is 29.4 Å². The smallest absolute Gasteiger partial charge is 0.224 e. The monoisotopic (exact) mass is 596 g/mol. The van der Waals surface area contributed by atoms with E-state index in [2.05, 4.69) is 36.6 Å². The maximum absolute atomic E-state index is 12.6. The van der Waals surface area contributed by atoms with Crippen LogP contribution in [-0.2, 0) is 16.0 Å². The highest BCUT2D eigenvalue weighted by Crippen LogP contribution is 2.38. The second-order valence-electron chi connectivity index (χ2n) is 9.64. The molecule has 40 heavy (non-hydrogen) atoms. The summed E-state index contributed by atoms with van der Waals surface area (Å²) in [5.41, 5.74) is 3.64. The van der Waals surface area contributed by atoms with Crippen molar-refractivity contribution in [2.24, 2.45) is 4.99 Å². The molecule has 0 saturated carbocycles. The van der Waals surface area contributed by atoms with E-state index in [1.165, 1.54) is 0 Å². The molecule has 1 atom stereocenters. The van der Waals surface area contributed by atoms with E-state index in [9.17, 15) is 4.79 Å². The number of aromatic nitrogens is 2. The van der Waals surface area contributed by atoms with Crippen LogP contribution in [0.3, 0.4) is 0 Å². The summed E-state index contributed by atoms with van der Waals surface area (Å²) >= 11 is 9.80. The number of morpholine rings is 1. The summed E-state index contributed by atoms with van der Waals surface area (Å²) in [6, 6.07) is 11.9. The number of thiophene rings is 1. The number of carbonyl (C=O) groups is 1. The molecule has 2 aromatic carbocycles. The number of thioether (sulfide) groups is 1. The van der Waals surface area contributed by atoms with E-state index in [1.807, 2.05) is 35.9 Å². The highest BCUT2D eigenvalue weighted by molar-refractivity contribution is 8.12. The molecule has 0 spiro atoms. The Morgan fingerprint density at radius 2 is 2.08 bits per heavy atom. The molecule has 2 aromatic heterocycles. The largest absolute Gasteiger partial charge is 0.490 e. The van der Waals surface area contributed by atoms with Crippen molar-refractivity contribution >= 4 is 78.0 Å².